The lowest BCUT2D eigenvalue weighted by atomic mass is 9.77. The SMILES string of the molecule is CCCCCC1CCC(c2ccc(-c3noc(-c4ccc(O)cc4)n3)cc2)CC1. The van der Waals surface area contributed by atoms with Crippen molar-refractivity contribution in [2.24, 2.45) is 5.92 Å². The van der Waals surface area contributed by atoms with Crippen molar-refractivity contribution in [2.75, 3.05) is 0 Å². The van der Waals surface area contributed by atoms with Crippen LogP contribution < -0.4 is 0 Å². The minimum absolute atomic E-state index is 0.221. The van der Waals surface area contributed by atoms with Crippen molar-refractivity contribution in [3.05, 3.63) is 54.1 Å². The van der Waals surface area contributed by atoms with Crippen molar-refractivity contribution in [1.82, 2.24) is 10.1 Å². The molecule has 3 aromatic rings. The van der Waals surface area contributed by atoms with Gasteiger partial charge in [-0.25, -0.2) is 0 Å². The average molecular weight is 391 g/mol. The summed E-state index contributed by atoms with van der Waals surface area (Å²) in [7, 11) is 0. The third-order valence-corrected chi connectivity index (χ3v) is 6.24. The van der Waals surface area contributed by atoms with E-state index in [-0.39, 0.29) is 5.75 Å². The zero-order chi connectivity index (χ0) is 20.1. The van der Waals surface area contributed by atoms with Crippen molar-refractivity contribution in [3.63, 3.8) is 0 Å². The molecule has 152 valence electrons. The number of phenolic OH excluding ortho intramolecular Hbond substituents is 1. The molecule has 2 aromatic carbocycles. The van der Waals surface area contributed by atoms with Crippen LogP contribution in [-0.4, -0.2) is 15.2 Å². The van der Waals surface area contributed by atoms with E-state index in [0.717, 1.165) is 17.0 Å². The highest BCUT2D eigenvalue weighted by atomic mass is 16.5. The third-order valence-electron chi connectivity index (χ3n) is 6.24. The first kappa shape index (κ1) is 19.7. The van der Waals surface area contributed by atoms with Crippen LogP contribution in [0.3, 0.4) is 0 Å². The van der Waals surface area contributed by atoms with E-state index < -0.39 is 0 Å². The van der Waals surface area contributed by atoms with E-state index >= 15 is 0 Å². The van der Waals surface area contributed by atoms with Gasteiger partial charge in [-0.2, -0.15) is 4.98 Å². The molecule has 4 nitrogen and oxygen atoms in total. The van der Waals surface area contributed by atoms with Crippen LogP contribution in [0.15, 0.2) is 53.1 Å². The molecule has 1 aromatic heterocycles. The fraction of sp³-hybridized carbons (Fsp3) is 0.440. The van der Waals surface area contributed by atoms with E-state index in [2.05, 4.69) is 41.3 Å². The summed E-state index contributed by atoms with van der Waals surface area (Å²) in [5.74, 6) is 2.91. The van der Waals surface area contributed by atoms with Crippen molar-refractivity contribution in [2.45, 2.75) is 64.2 Å². The van der Waals surface area contributed by atoms with Crippen molar-refractivity contribution in [3.8, 4) is 28.6 Å². The summed E-state index contributed by atoms with van der Waals surface area (Å²) < 4.78 is 5.40. The molecule has 0 unspecified atom stereocenters. The summed E-state index contributed by atoms with van der Waals surface area (Å²) in [5, 5.41) is 13.5. The Hall–Kier alpha value is -2.62. The molecule has 1 aliphatic carbocycles. The van der Waals surface area contributed by atoms with Crippen LogP contribution >= 0.6 is 0 Å². The topological polar surface area (TPSA) is 59.2 Å². The molecule has 0 atom stereocenters. The molecule has 4 heteroatoms. The number of hydrogen-bond donors (Lipinski definition) is 1. The van der Waals surface area contributed by atoms with Crippen LogP contribution in [0.1, 0.15) is 69.8 Å². The van der Waals surface area contributed by atoms with Crippen LogP contribution in [0, 0.1) is 5.92 Å². The van der Waals surface area contributed by atoms with Crippen LogP contribution in [0.2, 0.25) is 0 Å². The van der Waals surface area contributed by atoms with E-state index in [4.69, 9.17) is 4.52 Å². The maximum atomic E-state index is 9.42. The number of nitrogens with zero attached hydrogens (tertiary/aromatic N) is 2. The predicted octanol–water partition coefficient (Wildman–Crippen LogP) is 6.96. The number of benzene rings is 2. The fourth-order valence-electron chi connectivity index (χ4n) is 4.43. The van der Waals surface area contributed by atoms with Gasteiger partial charge in [-0.05, 0) is 67.3 Å². The second-order valence-corrected chi connectivity index (χ2v) is 8.31. The molecular formula is C25H30N2O2. The zero-order valence-corrected chi connectivity index (χ0v) is 17.2. The molecule has 0 amide bonds. The molecule has 1 heterocycles. The first-order valence-electron chi connectivity index (χ1n) is 11.0. The molecule has 0 radical (unpaired) electrons. The van der Waals surface area contributed by atoms with Gasteiger partial charge in [0.25, 0.3) is 5.89 Å². The van der Waals surface area contributed by atoms with E-state index in [1.54, 1.807) is 24.3 Å². The Morgan fingerprint density at radius 1 is 0.897 bits per heavy atom. The molecule has 1 N–H and O–H groups in total. The molecule has 0 aliphatic heterocycles. The van der Waals surface area contributed by atoms with Gasteiger partial charge < -0.3 is 9.63 Å². The van der Waals surface area contributed by atoms with Gasteiger partial charge in [-0.15, -0.1) is 0 Å². The van der Waals surface area contributed by atoms with Crippen molar-refractivity contribution >= 4 is 0 Å². The van der Waals surface area contributed by atoms with E-state index in [0.29, 0.717) is 17.6 Å². The van der Waals surface area contributed by atoms with E-state index in [9.17, 15) is 5.11 Å². The number of unbranched alkanes of at least 4 members (excludes halogenated alkanes) is 2. The minimum atomic E-state index is 0.221. The van der Waals surface area contributed by atoms with Crippen molar-refractivity contribution in [1.29, 1.82) is 0 Å². The minimum Gasteiger partial charge on any atom is -0.508 e. The Balaban J connectivity index is 1.37. The first-order chi connectivity index (χ1) is 14.2. The summed E-state index contributed by atoms with van der Waals surface area (Å²) >= 11 is 0. The Morgan fingerprint density at radius 2 is 1.59 bits per heavy atom. The normalized spacial score (nSPS) is 19.3. The standard InChI is InChI=1S/C25H30N2O2/c1-2-3-4-5-18-6-8-19(9-7-18)20-10-12-21(13-11-20)24-26-25(29-27-24)22-14-16-23(28)17-15-22/h10-19,28H,2-9H2,1H3. The summed E-state index contributed by atoms with van der Waals surface area (Å²) in [6, 6.07) is 15.5. The quantitative estimate of drug-likeness (QED) is 0.443. The molecule has 4 rings (SSSR count). The lowest BCUT2D eigenvalue weighted by Crippen LogP contribution is -2.13. The van der Waals surface area contributed by atoms with Crippen molar-refractivity contribution < 1.29 is 9.63 Å². The van der Waals surface area contributed by atoms with Crippen LogP contribution in [-0.2, 0) is 0 Å². The second-order valence-electron chi connectivity index (χ2n) is 8.31. The largest absolute Gasteiger partial charge is 0.508 e. The molecular weight excluding hydrogens is 360 g/mol. The number of phenols is 1. The van der Waals surface area contributed by atoms with Gasteiger partial charge in [0.1, 0.15) is 5.75 Å². The van der Waals surface area contributed by atoms with Gasteiger partial charge in [0.15, 0.2) is 0 Å². The molecule has 0 bridgehead atoms. The first-order valence-corrected chi connectivity index (χ1v) is 11.0. The Labute approximate surface area is 173 Å². The molecule has 1 fully saturated rings. The molecule has 0 saturated heterocycles. The summed E-state index contributed by atoms with van der Waals surface area (Å²) in [6.45, 7) is 2.28. The van der Waals surface area contributed by atoms with Gasteiger partial charge in [0, 0.05) is 11.1 Å². The second kappa shape index (κ2) is 9.25. The van der Waals surface area contributed by atoms with Gasteiger partial charge in [0.05, 0.1) is 0 Å². The smallest absolute Gasteiger partial charge is 0.258 e. The highest BCUT2D eigenvalue weighted by Crippen LogP contribution is 2.38. The monoisotopic (exact) mass is 390 g/mol. The zero-order valence-electron chi connectivity index (χ0n) is 17.2. The lowest BCUT2D eigenvalue weighted by molar-refractivity contribution is 0.303. The number of aromatic hydroxyl groups is 1. The Morgan fingerprint density at radius 3 is 2.28 bits per heavy atom. The summed E-state index contributed by atoms with van der Waals surface area (Å²) in [4.78, 5) is 4.51. The number of hydrogen-bond acceptors (Lipinski definition) is 4. The Bertz CT molecular complexity index is 891. The van der Waals surface area contributed by atoms with E-state index in [1.165, 1.54) is 56.9 Å². The lowest BCUT2D eigenvalue weighted by Gasteiger charge is -2.29. The summed E-state index contributed by atoms with van der Waals surface area (Å²) in [6.07, 6.45) is 10.9. The van der Waals surface area contributed by atoms with Crippen LogP contribution in [0.5, 0.6) is 5.75 Å². The predicted molar refractivity (Wildman–Crippen MR) is 116 cm³/mol. The highest BCUT2D eigenvalue weighted by molar-refractivity contribution is 5.60. The van der Waals surface area contributed by atoms with Crippen LogP contribution in [0.25, 0.3) is 22.8 Å². The van der Waals surface area contributed by atoms with Gasteiger partial charge in [0.2, 0.25) is 5.82 Å². The fourth-order valence-corrected chi connectivity index (χ4v) is 4.43. The maximum absolute atomic E-state index is 9.42. The Kier molecular flexibility index (Phi) is 6.28. The highest BCUT2D eigenvalue weighted by Gasteiger charge is 2.22. The summed E-state index contributed by atoms with van der Waals surface area (Å²) in [5.41, 5.74) is 3.20. The van der Waals surface area contributed by atoms with Gasteiger partial charge >= 0.3 is 0 Å². The molecule has 0 spiro atoms. The van der Waals surface area contributed by atoms with E-state index in [1.807, 2.05) is 0 Å². The molecule has 29 heavy (non-hydrogen) atoms. The number of aromatic nitrogens is 2. The average Bonchev–Trinajstić information content (AvgIpc) is 3.25. The maximum Gasteiger partial charge on any atom is 0.258 e. The van der Waals surface area contributed by atoms with Gasteiger partial charge in [-0.1, -0.05) is 62.0 Å². The molecule has 1 saturated carbocycles. The van der Waals surface area contributed by atoms with Crippen LogP contribution in [0.4, 0.5) is 0 Å². The third kappa shape index (κ3) is 4.87. The van der Waals surface area contributed by atoms with Gasteiger partial charge in [-0.3, -0.25) is 0 Å². The molecule has 1 aliphatic rings. The number of rotatable bonds is 7.